The Morgan fingerprint density at radius 2 is 1.87 bits per heavy atom. The monoisotopic (exact) mass is 501 g/mol. The van der Waals surface area contributed by atoms with E-state index in [2.05, 4.69) is 37.8 Å². The van der Waals surface area contributed by atoms with E-state index in [1.54, 1.807) is 0 Å². The quantitative estimate of drug-likeness (QED) is 0.473. The highest BCUT2D eigenvalue weighted by Gasteiger charge is 2.20. The van der Waals surface area contributed by atoms with Gasteiger partial charge in [-0.15, -0.1) is 0 Å². The maximum atomic E-state index is 13.0. The van der Waals surface area contributed by atoms with Crippen LogP contribution in [0.25, 0.3) is 23.1 Å². The third-order valence-electron chi connectivity index (χ3n) is 5.54. The average Bonchev–Trinajstić information content (AvgIpc) is 3.12. The number of carbonyl (C=O) groups excluding carboxylic acids is 1. The predicted molar refractivity (Wildman–Crippen MR) is 131 cm³/mol. The Labute approximate surface area is 195 Å². The molecule has 1 fully saturated rings. The standard InChI is InChI=1S/C24H25BrClN3O2/c1-28-10-12-29(13-11-28)14-15-31-24(30)23-20-8-5-18(25)16-22(20)27-21(23)9-4-17-2-6-19(26)7-3-17/h2-9,16,27H,10-15H2,1H3/b9-4+. The molecule has 31 heavy (non-hydrogen) atoms. The van der Waals surface area contributed by atoms with Crippen LogP contribution in [0, 0.1) is 0 Å². The first-order valence-corrected chi connectivity index (χ1v) is 11.5. The number of H-pyrrole nitrogens is 1. The summed E-state index contributed by atoms with van der Waals surface area (Å²) in [6, 6.07) is 13.4. The molecule has 1 aliphatic heterocycles. The second kappa shape index (κ2) is 10.0. The highest BCUT2D eigenvalue weighted by atomic mass is 79.9. The van der Waals surface area contributed by atoms with Crippen molar-refractivity contribution in [2.45, 2.75) is 0 Å². The number of aromatic amines is 1. The van der Waals surface area contributed by atoms with Gasteiger partial charge in [-0.25, -0.2) is 4.79 Å². The van der Waals surface area contributed by atoms with Crippen molar-refractivity contribution >= 4 is 56.6 Å². The van der Waals surface area contributed by atoms with Gasteiger partial charge in [-0.1, -0.05) is 51.8 Å². The van der Waals surface area contributed by atoms with Crippen LogP contribution >= 0.6 is 27.5 Å². The van der Waals surface area contributed by atoms with Crippen molar-refractivity contribution in [2.75, 3.05) is 46.4 Å². The van der Waals surface area contributed by atoms with Gasteiger partial charge in [0.15, 0.2) is 0 Å². The molecule has 1 N–H and O–H groups in total. The summed E-state index contributed by atoms with van der Waals surface area (Å²) in [5, 5.41) is 1.54. The second-order valence-electron chi connectivity index (χ2n) is 7.77. The third kappa shape index (κ3) is 5.57. The fourth-order valence-corrected chi connectivity index (χ4v) is 4.19. The van der Waals surface area contributed by atoms with Crippen molar-refractivity contribution in [3.8, 4) is 0 Å². The Morgan fingerprint density at radius 1 is 1.13 bits per heavy atom. The number of halogens is 2. The fourth-order valence-electron chi connectivity index (χ4n) is 3.70. The lowest BCUT2D eigenvalue weighted by molar-refractivity contribution is 0.0434. The van der Waals surface area contributed by atoms with E-state index in [9.17, 15) is 4.79 Å². The van der Waals surface area contributed by atoms with Gasteiger partial charge in [0.1, 0.15) is 6.61 Å². The van der Waals surface area contributed by atoms with Gasteiger partial charge < -0.3 is 14.6 Å². The van der Waals surface area contributed by atoms with Crippen LogP contribution in [0.1, 0.15) is 21.6 Å². The molecule has 162 valence electrons. The molecular weight excluding hydrogens is 478 g/mol. The van der Waals surface area contributed by atoms with Gasteiger partial charge in [0.2, 0.25) is 0 Å². The fraction of sp³-hybridized carbons (Fsp3) is 0.292. The minimum Gasteiger partial charge on any atom is -0.461 e. The van der Waals surface area contributed by atoms with E-state index < -0.39 is 0 Å². The molecule has 0 unspecified atom stereocenters. The lowest BCUT2D eigenvalue weighted by Crippen LogP contribution is -2.45. The number of carbonyl (C=O) groups is 1. The summed E-state index contributed by atoms with van der Waals surface area (Å²) in [7, 11) is 2.13. The van der Waals surface area contributed by atoms with E-state index in [1.165, 1.54) is 0 Å². The lowest BCUT2D eigenvalue weighted by Gasteiger charge is -2.32. The number of esters is 1. The number of piperazine rings is 1. The Hall–Kier alpha value is -2.12. The zero-order chi connectivity index (χ0) is 21.8. The van der Waals surface area contributed by atoms with Crippen LogP contribution in [0.2, 0.25) is 5.02 Å². The molecule has 1 saturated heterocycles. The van der Waals surface area contributed by atoms with Crippen molar-refractivity contribution in [3.63, 3.8) is 0 Å². The van der Waals surface area contributed by atoms with E-state index in [1.807, 2.05) is 54.6 Å². The van der Waals surface area contributed by atoms with E-state index in [0.29, 0.717) is 17.2 Å². The number of hydrogen-bond donors (Lipinski definition) is 1. The minimum atomic E-state index is -0.307. The smallest absolute Gasteiger partial charge is 0.340 e. The van der Waals surface area contributed by atoms with Crippen LogP contribution in [0.5, 0.6) is 0 Å². The molecule has 1 aliphatic rings. The number of ether oxygens (including phenoxy) is 1. The van der Waals surface area contributed by atoms with Crippen LogP contribution in [-0.4, -0.2) is 67.1 Å². The molecule has 1 aromatic heterocycles. The molecule has 0 bridgehead atoms. The first kappa shape index (κ1) is 22.1. The molecule has 0 spiro atoms. The minimum absolute atomic E-state index is 0.307. The number of nitrogens with zero attached hydrogens (tertiary/aromatic N) is 2. The third-order valence-corrected chi connectivity index (χ3v) is 6.29. The van der Waals surface area contributed by atoms with E-state index in [-0.39, 0.29) is 5.97 Å². The highest BCUT2D eigenvalue weighted by Crippen LogP contribution is 2.28. The number of rotatable bonds is 6. The molecule has 4 rings (SSSR count). The van der Waals surface area contributed by atoms with Crippen molar-refractivity contribution in [2.24, 2.45) is 0 Å². The molecule has 2 aromatic carbocycles. The van der Waals surface area contributed by atoms with Crippen LogP contribution in [-0.2, 0) is 4.74 Å². The van der Waals surface area contributed by atoms with Crippen molar-refractivity contribution in [1.82, 2.24) is 14.8 Å². The number of fused-ring (bicyclic) bond motifs is 1. The van der Waals surface area contributed by atoms with Crippen molar-refractivity contribution in [3.05, 3.63) is 68.8 Å². The van der Waals surface area contributed by atoms with Gasteiger partial charge in [0, 0.05) is 53.1 Å². The Bertz CT molecular complexity index is 1090. The molecule has 7 heteroatoms. The lowest BCUT2D eigenvalue weighted by atomic mass is 10.1. The Kier molecular flexibility index (Phi) is 7.13. The van der Waals surface area contributed by atoms with Crippen LogP contribution in [0.4, 0.5) is 0 Å². The Balaban J connectivity index is 1.52. The first-order chi connectivity index (χ1) is 15.0. The van der Waals surface area contributed by atoms with Crippen LogP contribution in [0.3, 0.4) is 0 Å². The molecule has 0 amide bonds. The molecular formula is C24H25BrClN3O2. The molecule has 0 radical (unpaired) electrons. The SMILES string of the molecule is CN1CCN(CCOC(=O)c2c(/C=C/c3ccc(Cl)cc3)[nH]c3cc(Br)ccc23)CC1. The maximum Gasteiger partial charge on any atom is 0.340 e. The molecule has 0 atom stereocenters. The number of nitrogens with one attached hydrogen (secondary N) is 1. The van der Waals surface area contributed by atoms with Gasteiger partial charge in [-0.2, -0.15) is 0 Å². The van der Waals surface area contributed by atoms with E-state index >= 15 is 0 Å². The van der Waals surface area contributed by atoms with Crippen molar-refractivity contribution in [1.29, 1.82) is 0 Å². The zero-order valence-electron chi connectivity index (χ0n) is 17.4. The van der Waals surface area contributed by atoms with Gasteiger partial charge in [-0.05, 0) is 43.0 Å². The van der Waals surface area contributed by atoms with Gasteiger partial charge in [0.25, 0.3) is 0 Å². The van der Waals surface area contributed by atoms with Gasteiger partial charge >= 0.3 is 5.97 Å². The maximum absolute atomic E-state index is 13.0. The number of aromatic nitrogens is 1. The number of hydrogen-bond acceptors (Lipinski definition) is 4. The zero-order valence-corrected chi connectivity index (χ0v) is 19.7. The van der Waals surface area contributed by atoms with Crippen LogP contribution in [0.15, 0.2) is 46.9 Å². The molecule has 5 nitrogen and oxygen atoms in total. The topological polar surface area (TPSA) is 48.6 Å². The normalized spacial score (nSPS) is 15.7. The van der Waals surface area contributed by atoms with E-state index in [4.69, 9.17) is 16.3 Å². The number of benzene rings is 2. The van der Waals surface area contributed by atoms with Gasteiger partial charge in [-0.3, -0.25) is 4.90 Å². The molecule has 0 aliphatic carbocycles. The summed E-state index contributed by atoms with van der Waals surface area (Å²) < 4.78 is 6.63. The summed E-state index contributed by atoms with van der Waals surface area (Å²) in [6.45, 7) is 5.24. The summed E-state index contributed by atoms with van der Waals surface area (Å²) >= 11 is 9.47. The Morgan fingerprint density at radius 3 is 2.61 bits per heavy atom. The van der Waals surface area contributed by atoms with Gasteiger partial charge in [0.05, 0.1) is 11.3 Å². The largest absolute Gasteiger partial charge is 0.461 e. The summed E-state index contributed by atoms with van der Waals surface area (Å²) in [5.41, 5.74) is 3.17. The molecule has 3 aromatic rings. The summed E-state index contributed by atoms with van der Waals surface area (Å²) in [4.78, 5) is 21.0. The number of likely N-dealkylation sites (N-methyl/N-ethyl adjacent to an activating group) is 1. The average molecular weight is 503 g/mol. The summed E-state index contributed by atoms with van der Waals surface area (Å²) in [6.07, 6.45) is 3.87. The van der Waals surface area contributed by atoms with Crippen molar-refractivity contribution < 1.29 is 9.53 Å². The first-order valence-electron chi connectivity index (χ1n) is 10.3. The van der Waals surface area contributed by atoms with Crippen LogP contribution < -0.4 is 0 Å². The van der Waals surface area contributed by atoms with E-state index in [0.717, 1.165) is 59.4 Å². The predicted octanol–water partition coefficient (Wildman–Crippen LogP) is 5.16. The molecule has 0 saturated carbocycles. The summed E-state index contributed by atoms with van der Waals surface area (Å²) in [5.74, 6) is -0.307. The highest BCUT2D eigenvalue weighted by molar-refractivity contribution is 9.10. The molecule has 2 heterocycles. The second-order valence-corrected chi connectivity index (χ2v) is 9.12.